The molecule has 2 rings (SSSR count). The Balaban J connectivity index is 2.22. The predicted octanol–water partition coefficient (Wildman–Crippen LogP) is 3.11. The second kappa shape index (κ2) is 5.06. The molecule has 0 unspecified atom stereocenters. The minimum atomic E-state index is -0.556. The van der Waals surface area contributed by atoms with Gasteiger partial charge in [-0.2, -0.15) is 0 Å². The maximum Gasteiger partial charge on any atom is 0.255 e. The molecule has 0 radical (unpaired) electrons. The van der Waals surface area contributed by atoms with Gasteiger partial charge >= 0.3 is 0 Å². The van der Waals surface area contributed by atoms with Gasteiger partial charge in [-0.25, -0.2) is 8.78 Å². The highest BCUT2D eigenvalue weighted by Gasteiger charge is 2.09. The summed E-state index contributed by atoms with van der Waals surface area (Å²) in [4.78, 5) is 11.9. The zero-order valence-electron chi connectivity index (χ0n) is 10.2. The van der Waals surface area contributed by atoms with E-state index in [0.717, 1.165) is 12.1 Å². The SMILES string of the molecule is Cc1cc(F)cc(C(=O)Nc2ccc(F)c(N)c2)c1. The number of amides is 1. The van der Waals surface area contributed by atoms with Crippen molar-refractivity contribution >= 4 is 17.3 Å². The summed E-state index contributed by atoms with van der Waals surface area (Å²) in [6, 6.07) is 7.87. The van der Waals surface area contributed by atoms with E-state index in [1.807, 2.05) is 0 Å². The minimum Gasteiger partial charge on any atom is -0.396 e. The van der Waals surface area contributed by atoms with Crippen molar-refractivity contribution in [1.82, 2.24) is 0 Å². The summed E-state index contributed by atoms with van der Waals surface area (Å²) in [5.74, 6) is -1.52. The van der Waals surface area contributed by atoms with Gasteiger partial charge in [0.15, 0.2) is 0 Å². The normalized spacial score (nSPS) is 10.3. The molecule has 3 nitrogen and oxygen atoms in total. The molecule has 19 heavy (non-hydrogen) atoms. The van der Waals surface area contributed by atoms with Crippen LogP contribution in [0.3, 0.4) is 0 Å². The van der Waals surface area contributed by atoms with Crippen LogP contribution >= 0.6 is 0 Å². The van der Waals surface area contributed by atoms with Crippen LogP contribution in [0.2, 0.25) is 0 Å². The number of halogens is 2. The summed E-state index contributed by atoms with van der Waals surface area (Å²) in [6.07, 6.45) is 0. The zero-order chi connectivity index (χ0) is 14.0. The van der Waals surface area contributed by atoms with E-state index in [4.69, 9.17) is 5.73 Å². The van der Waals surface area contributed by atoms with Gasteiger partial charge in [0.25, 0.3) is 5.91 Å². The van der Waals surface area contributed by atoms with Gasteiger partial charge in [-0.05, 0) is 48.9 Å². The molecule has 0 saturated carbocycles. The molecule has 0 aromatic heterocycles. The molecular formula is C14H12F2N2O. The van der Waals surface area contributed by atoms with Crippen molar-refractivity contribution in [2.45, 2.75) is 6.92 Å². The fourth-order valence-corrected chi connectivity index (χ4v) is 1.69. The number of aryl methyl sites for hydroxylation is 1. The van der Waals surface area contributed by atoms with Crippen LogP contribution in [-0.4, -0.2) is 5.91 Å². The Hall–Kier alpha value is -2.43. The third-order valence-electron chi connectivity index (χ3n) is 2.56. The lowest BCUT2D eigenvalue weighted by Gasteiger charge is -2.07. The van der Waals surface area contributed by atoms with Gasteiger partial charge < -0.3 is 11.1 Å². The van der Waals surface area contributed by atoms with Gasteiger partial charge in [0, 0.05) is 11.3 Å². The van der Waals surface area contributed by atoms with Crippen LogP contribution in [0.1, 0.15) is 15.9 Å². The van der Waals surface area contributed by atoms with Gasteiger partial charge in [0.1, 0.15) is 11.6 Å². The van der Waals surface area contributed by atoms with E-state index in [-0.39, 0.29) is 11.3 Å². The second-order valence-electron chi connectivity index (χ2n) is 4.21. The fourth-order valence-electron chi connectivity index (χ4n) is 1.69. The highest BCUT2D eigenvalue weighted by atomic mass is 19.1. The van der Waals surface area contributed by atoms with E-state index in [1.165, 1.54) is 18.2 Å². The first-order valence-electron chi connectivity index (χ1n) is 5.59. The summed E-state index contributed by atoms with van der Waals surface area (Å²) >= 11 is 0. The number of nitrogens with two attached hydrogens (primary N) is 1. The lowest BCUT2D eigenvalue weighted by molar-refractivity contribution is 0.102. The number of rotatable bonds is 2. The molecule has 2 aromatic carbocycles. The quantitative estimate of drug-likeness (QED) is 0.817. The molecule has 5 heteroatoms. The second-order valence-corrected chi connectivity index (χ2v) is 4.21. The number of nitrogens with one attached hydrogen (secondary N) is 1. The molecule has 98 valence electrons. The number of carbonyl (C=O) groups is 1. The van der Waals surface area contributed by atoms with Crippen molar-refractivity contribution in [3.05, 3.63) is 59.2 Å². The summed E-state index contributed by atoms with van der Waals surface area (Å²) in [5.41, 5.74) is 6.52. The van der Waals surface area contributed by atoms with Crippen molar-refractivity contribution < 1.29 is 13.6 Å². The molecule has 0 bridgehead atoms. The third-order valence-corrected chi connectivity index (χ3v) is 2.56. The van der Waals surface area contributed by atoms with E-state index >= 15 is 0 Å². The fraction of sp³-hybridized carbons (Fsp3) is 0.0714. The zero-order valence-corrected chi connectivity index (χ0v) is 10.2. The van der Waals surface area contributed by atoms with Crippen molar-refractivity contribution in [2.75, 3.05) is 11.1 Å². The lowest BCUT2D eigenvalue weighted by atomic mass is 10.1. The molecule has 0 heterocycles. The Labute approximate surface area is 109 Å². The molecule has 2 aromatic rings. The Morgan fingerprint density at radius 2 is 1.89 bits per heavy atom. The van der Waals surface area contributed by atoms with Crippen LogP contribution in [-0.2, 0) is 0 Å². The van der Waals surface area contributed by atoms with Crippen molar-refractivity contribution in [2.24, 2.45) is 0 Å². The average molecular weight is 262 g/mol. The van der Waals surface area contributed by atoms with E-state index < -0.39 is 17.5 Å². The number of benzene rings is 2. The topological polar surface area (TPSA) is 55.1 Å². The minimum absolute atomic E-state index is 0.0618. The van der Waals surface area contributed by atoms with E-state index in [0.29, 0.717) is 11.3 Å². The number of nitrogen functional groups attached to an aromatic ring is 1. The van der Waals surface area contributed by atoms with Gasteiger partial charge in [-0.1, -0.05) is 0 Å². The number of anilines is 2. The summed E-state index contributed by atoms with van der Waals surface area (Å²) in [7, 11) is 0. The van der Waals surface area contributed by atoms with Gasteiger partial charge in [0.2, 0.25) is 0 Å². The van der Waals surface area contributed by atoms with E-state index in [1.54, 1.807) is 13.0 Å². The Bertz CT molecular complexity index is 621. The lowest BCUT2D eigenvalue weighted by Crippen LogP contribution is -2.12. The van der Waals surface area contributed by atoms with Crippen LogP contribution in [0.5, 0.6) is 0 Å². The number of carbonyl (C=O) groups excluding carboxylic acids is 1. The highest BCUT2D eigenvalue weighted by molar-refractivity contribution is 6.04. The van der Waals surface area contributed by atoms with Gasteiger partial charge in [0.05, 0.1) is 5.69 Å². The molecule has 0 aliphatic carbocycles. The maximum atomic E-state index is 13.2. The van der Waals surface area contributed by atoms with Crippen LogP contribution in [0, 0.1) is 18.6 Å². The first-order valence-corrected chi connectivity index (χ1v) is 5.59. The van der Waals surface area contributed by atoms with Gasteiger partial charge in [-0.15, -0.1) is 0 Å². The first-order chi connectivity index (χ1) is 8.95. The standard InChI is InChI=1S/C14H12F2N2O/c1-8-4-9(6-10(15)5-8)14(19)18-11-2-3-12(16)13(17)7-11/h2-7H,17H2,1H3,(H,18,19). The highest BCUT2D eigenvalue weighted by Crippen LogP contribution is 2.17. The van der Waals surface area contributed by atoms with Crippen molar-refractivity contribution in [1.29, 1.82) is 0 Å². The predicted molar refractivity (Wildman–Crippen MR) is 69.9 cm³/mol. The van der Waals surface area contributed by atoms with Crippen molar-refractivity contribution in [3.63, 3.8) is 0 Å². The molecule has 3 N–H and O–H groups in total. The van der Waals surface area contributed by atoms with E-state index in [9.17, 15) is 13.6 Å². The molecular weight excluding hydrogens is 250 g/mol. The third kappa shape index (κ3) is 3.07. The summed E-state index contributed by atoms with van der Waals surface area (Å²) < 4.78 is 26.2. The summed E-state index contributed by atoms with van der Waals surface area (Å²) in [5, 5.41) is 2.53. The Morgan fingerprint density at radius 3 is 2.53 bits per heavy atom. The number of hydrogen-bond donors (Lipinski definition) is 2. The molecule has 0 spiro atoms. The molecule has 0 saturated heterocycles. The molecule has 0 aliphatic heterocycles. The van der Waals surface area contributed by atoms with Crippen molar-refractivity contribution in [3.8, 4) is 0 Å². The Kier molecular flexibility index (Phi) is 3.46. The molecule has 0 atom stereocenters. The number of hydrogen-bond acceptors (Lipinski definition) is 2. The van der Waals surface area contributed by atoms with Crippen LogP contribution in [0.15, 0.2) is 36.4 Å². The molecule has 0 fully saturated rings. The van der Waals surface area contributed by atoms with Gasteiger partial charge in [-0.3, -0.25) is 4.79 Å². The first kappa shape index (κ1) is 13.0. The molecule has 1 amide bonds. The largest absolute Gasteiger partial charge is 0.396 e. The Morgan fingerprint density at radius 1 is 1.16 bits per heavy atom. The molecule has 0 aliphatic rings. The maximum absolute atomic E-state index is 13.2. The van der Waals surface area contributed by atoms with Crippen LogP contribution in [0.25, 0.3) is 0 Å². The smallest absolute Gasteiger partial charge is 0.255 e. The summed E-state index contributed by atoms with van der Waals surface area (Å²) in [6.45, 7) is 1.69. The monoisotopic (exact) mass is 262 g/mol. The van der Waals surface area contributed by atoms with Crippen LogP contribution < -0.4 is 11.1 Å². The van der Waals surface area contributed by atoms with E-state index in [2.05, 4.69) is 5.32 Å². The van der Waals surface area contributed by atoms with Crippen LogP contribution in [0.4, 0.5) is 20.2 Å². The average Bonchev–Trinajstić information content (AvgIpc) is 2.32.